The smallest absolute Gasteiger partial charge is 0.394 e. The third-order valence-electron chi connectivity index (χ3n) is 3.10. The highest BCUT2D eigenvalue weighted by Crippen LogP contribution is 2.30. The molecule has 1 saturated heterocycles. The average Bonchev–Trinajstić information content (AvgIpc) is 2.49. The summed E-state index contributed by atoms with van der Waals surface area (Å²) in [6.07, 6.45) is -5.12. The molecular formula is C12H21NO9S2. The van der Waals surface area contributed by atoms with Gasteiger partial charge in [-0.3, -0.25) is 4.55 Å². The highest BCUT2D eigenvalue weighted by atomic mass is 32.3. The van der Waals surface area contributed by atoms with Crippen LogP contribution >= 0.6 is 11.8 Å². The number of rotatable bonds is 7. The Morgan fingerprint density at radius 3 is 2.38 bits per heavy atom. The maximum atomic E-state index is 10.6. The molecule has 1 rings (SSSR count). The van der Waals surface area contributed by atoms with Gasteiger partial charge in [0.15, 0.2) is 0 Å². The minimum atomic E-state index is -4.80. The molecule has 0 bridgehead atoms. The van der Waals surface area contributed by atoms with Crippen LogP contribution in [0.2, 0.25) is 0 Å². The fraction of sp³-hybridized carbons (Fsp3) is 0.750. The molecule has 10 nitrogen and oxygen atoms in total. The van der Waals surface area contributed by atoms with Gasteiger partial charge in [0.05, 0.1) is 6.61 Å². The molecule has 1 aliphatic heterocycles. The molecule has 12 heteroatoms. The first-order valence-corrected chi connectivity index (χ1v) is 9.14. The van der Waals surface area contributed by atoms with Crippen molar-refractivity contribution < 1.29 is 42.4 Å². The summed E-state index contributed by atoms with van der Waals surface area (Å²) in [4.78, 5) is 0. The van der Waals surface area contributed by atoms with Crippen molar-refractivity contribution in [1.29, 1.82) is 0 Å². The van der Waals surface area contributed by atoms with Gasteiger partial charge >= 0.3 is 10.4 Å². The Balaban J connectivity index is 2.88. The van der Waals surface area contributed by atoms with Crippen molar-refractivity contribution in [3.05, 3.63) is 12.2 Å². The van der Waals surface area contributed by atoms with Gasteiger partial charge in [-0.05, 0) is 13.3 Å². The van der Waals surface area contributed by atoms with Crippen molar-refractivity contribution in [3.63, 3.8) is 0 Å². The van der Waals surface area contributed by atoms with Gasteiger partial charge in [-0.25, -0.2) is 4.28 Å². The minimum Gasteiger partial charge on any atom is -0.394 e. The standard InChI is InChI=1S/C12H21NO9S2/c1-6(2)3-4-8(13-22-24(18,19)20)23-12-11(17)10(16)9(15)7(5-14)21-12/h7,9-12,14-17H,1,3-5H2,2H3,(H,18,19,20). The second kappa shape index (κ2) is 9.10. The summed E-state index contributed by atoms with van der Waals surface area (Å²) in [5.41, 5.74) is -0.377. The van der Waals surface area contributed by atoms with Gasteiger partial charge in [0, 0.05) is 6.42 Å². The molecule has 5 N–H and O–H groups in total. The van der Waals surface area contributed by atoms with Crippen LogP contribution in [-0.2, 0) is 19.4 Å². The number of allylic oxidation sites excluding steroid dienone is 1. The fourth-order valence-electron chi connectivity index (χ4n) is 1.83. The molecule has 1 fully saturated rings. The molecule has 0 aromatic rings. The quantitative estimate of drug-likeness (QED) is 0.120. The molecule has 0 aromatic heterocycles. The van der Waals surface area contributed by atoms with E-state index >= 15 is 0 Å². The first kappa shape index (κ1) is 21.3. The number of nitrogens with zero attached hydrogens (tertiary/aromatic N) is 1. The van der Waals surface area contributed by atoms with Crippen LogP contribution in [-0.4, -0.2) is 74.9 Å². The highest BCUT2D eigenvalue weighted by molar-refractivity contribution is 8.14. The molecule has 0 aromatic carbocycles. The van der Waals surface area contributed by atoms with Crippen LogP contribution in [0, 0.1) is 0 Å². The summed E-state index contributed by atoms with van der Waals surface area (Å²) in [7, 11) is -4.80. The predicted molar refractivity (Wildman–Crippen MR) is 85.5 cm³/mol. The molecule has 1 aliphatic rings. The van der Waals surface area contributed by atoms with Crippen LogP contribution in [0.3, 0.4) is 0 Å². The lowest BCUT2D eigenvalue weighted by atomic mass is 10.0. The monoisotopic (exact) mass is 387 g/mol. The number of aliphatic hydroxyl groups is 4. The van der Waals surface area contributed by atoms with Gasteiger partial charge in [-0.2, -0.15) is 8.42 Å². The van der Waals surface area contributed by atoms with Gasteiger partial charge < -0.3 is 25.2 Å². The van der Waals surface area contributed by atoms with Crippen molar-refractivity contribution in [2.75, 3.05) is 6.61 Å². The van der Waals surface area contributed by atoms with Crippen molar-refractivity contribution >= 4 is 27.2 Å². The SMILES string of the molecule is C=C(C)CCC(=NOS(=O)(=O)O)SC1OC(CO)C(O)C(O)C1O. The van der Waals surface area contributed by atoms with Crippen molar-refractivity contribution in [3.8, 4) is 0 Å². The predicted octanol–water partition coefficient (Wildman–Crippen LogP) is -0.991. The number of hydrogen-bond acceptors (Lipinski definition) is 10. The zero-order valence-corrected chi connectivity index (χ0v) is 14.5. The maximum absolute atomic E-state index is 10.6. The third-order valence-corrected chi connectivity index (χ3v) is 4.54. The second-order valence-electron chi connectivity index (χ2n) is 5.26. The zero-order chi connectivity index (χ0) is 18.5. The van der Waals surface area contributed by atoms with E-state index in [2.05, 4.69) is 16.0 Å². The summed E-state index contributed by atoms with van der Waals surface area (Å²) < 4.78 is 39.1. The minimum absolute atomic E-state index is 0.0416. The summed E-state index contributed by atoms with van der Waals surface area (Å²) >= 11 is 0.735. The van der Waals surface area contributed by atoms with E-state index < -0.39 is 46.9 Å². The molecule has 140 valence electrons. The average molecular weight is 387 g/mol. The van der Waals surface area contributed by atoms with Crippen LogP contribution in [0.15, 0.2) is 17.3 Å². The number of hydrogen-bond donors (Lipinski definition) is 5. The molecule has 0 aliphatic carbocycles. The maximum Gasteiger partial charge on any atom is 0.466 e. The lowest BCUT2D eigenvalue weighted by Crippen LogP contribution is -2.57. The molecule has 0 amide bonds. The van der Waals surface area contributed by atoms with Gasteiger partial charge in [-0.15, -0.1) is 6.58 Å². The Labute approximate surface area is 143 Å². The first-order valence-electron chi connectivity index (χ1n) is 6.89. The molecular weight excluding hydrogens is 366 g/mol. The highest BCUT2D eigenvalue weighted by Gasteiger charge is 2.44. The van der Waals surface area contributed by atoms with Crippen molar-refractivity contribution in [1.82, 2.24) is 0 Å². The molecule has 0 saturated carbocycles. The van der Waals surface area contributed by atoms with Gasteiger partial charge in [0.2, 0.25) is 0 Å². The van der Waals surface area contributed by atoms with E-state index in [1.165, 1.54) is 0 Å². The van der Waals surface area contributed by atoms with E-state index in [4.69, 9.17) is 14.4 Å². The van der Waals surface area contributed by atoms with Gasteiger partial charge in [0.25, 0.3) is 0 Å². The molecule has 5 atom stereocenters. The molecule has 0 spiro atoms. The van der Waals surface area contributed by atoms with E-state index in [9.17, 15) is 23.7 Å². The molecule has 5 unspecified atom stereocenters. The molecule has 1 heterocycles. The van der Waals surface area contributed by atoms with Gasteiger partial charge in [0.1, 0.15) is 34.9 Å². The zero-order valence-electron chi connectivity index (χ0n) is 12.8. The Morgan fingerprint density at radius 2 is 1.88 bits per heavy atom. The van der Waals surface area contributed by atoms with Crippen LogP contribution < -0.4 is 0 Å². The Bertz CT molecular complexity index is 563. The lowest BCUT2D eigenvalue weighted by molar-refractivity contribution is -0.205. The second-order valence-corrected chi connectivity index (χ2v) is 7.44. The van der Waals surface area contributed by atoms with Crippen LogP contribution in [0.5, 0.6) is 0 Å². The lowest BCUT2D eigenvalue weighted by Gasteiger charge is -2.39. The normalized spacial score (nSPS) is 31.8. The van der Waals surface area contributed by atoms with E-state index in [1.54, 1.807) is 6.92 Å². The molecule has 0 radical (unpaired) electrons. The topological polar surface area (TPSA) is 166 Å². The van der Waals surface area contributed by atoms with Gasteiger partial charge in [-0.1, -0.05) is 22.5 Å². The van der Waals surface area contributed by atoms with Crippen LogP contribution in [0.4, 0.5) is 0 Å². The largest absolute Gasteiger partial charge is 0.466 e. The summed E-state index contributed by atoms with van der Waals surface area (Å²) in [6.45, 7) is 4.83. The number of aliphatic hydroxyl groups excluding tert-OH is 4. The summed E-state index contributed by atoms with van der Waals surface area (Å²) in [5.74, 6) is 0. The van der Waals surface area contributed by atoms with Crippen molar-refractivity contribution in [2.24, 2.45) is 5.16 Å². The molecule has 24 heavy (non-hydrogen) atoms. The van der Waals surface area contributed by atoms with E-state index in [0.29, 0.717) is 6.42 Å². The number of thioether (sulfide) groups is 1. The Hall–Kier alpha value is -0.730. The van der Waals surface area contributed by atoms with Crippen LogP contribution in [0.1, 0.15) is 19.8 Å². The summed E-state index contributed by atoms with van der Waals surface area (Å²) in [6, 6.07) is 0. The first-order chi connectivity index (χ1) is 11.0. The number of ether oxygens (including phenoxy) is 1. The Morgan fingerprint density at radius 1 is 1.25 bits per heavy atom. The number of oxime groups is 1. The third kappa shape index (κ3) is 6.64. The van der Waals surface area contributed by atoms with E-state index in [1.807, 2.05) is 0 Å². The summed E-state index contributed by atoms with van der Waals surface area (Å²) in [5, 5.41) is 41.9. The van der Waals surface area contributed by atoms with E-state index in [-0.39, 0.29) is 11.5 Å². The van der Waals surface area contributed by atoms with Crippen LogP contribution in [0.25, 0.3) is 0 Å². The Kier molecular flexibility index (Phi) is 8.08. The fourth-order valence-corrected chi connectivity index (χ4v) is 3.13. The van der Waals surface area contributed by atoms with E-state index in [0.717, 1.165) is 17.3 Å². The van der Waals surface area contributed by atoms with Crippen molar-refractivity contribution in [2.45, 2.75) is 49.6 Å².